The standard InChI is InChI=1S/C13H12FNO2/c14-10-1-2-11-9(5-10)6-12(16)13(15-11)8-3-4-17-7-8/h1-2,5-6,8,16H,3-4,7H2. The van der Waals surface area contributed by atoms with Gasteiger partial charge in [-0.05, 0) is 30.7 Å². The van der Waals surface area contributed by atoms with E-state index in [0.29, 0.717) is 29.8 Å². The summed E-state index contributed by atoms with van der Waals surface area (Å²) in [5.74, 6) is -0.0568. The molecule has 0 radical (unpaired) electrons. The van der Waals surface area contributed by atoms with E-state index in [9.17, 15) is 9.50 Å². The summed E-state index contributed by atoms with van der Waals surface area (Å²) in [6.45, 7) is 1.29. The van der Waals surface area contributed by atoms with Crippen molar-refractivity contribution in [2.24, 2.45) is 0 Å². The van der Waals surface area contributed by atoms with E-state index >= 15 is 0 Å². The van der Waals surface area contributed by atoms with Crippen LogP contribution in [0.2, 0.25) is 0 Å². The first-order valence-electron chi connectivity index (χ1n) is 5.61. The zero-order chi connectivity index (χ0) is 11.8. The van der Waals surface area contributed by atoms with Gasteiger partial charge in [-0.3, -0.25) is 0 Å². The van der Waals surface area contributed by atoms with Gasteiger partial charge in [0.25, 0.3) is 0 Å². The molecule has 2 aromatic rings. The van der Waals surface area contributed by atoms with Crippen LogP contribution in [0.5, 0.6) is 5.75 Å². The summed E-state index contributed by atoms with van der Waals surface area (Å²) < 4.78 is 18.3. The van der Waals surface area contributed by atoms with Crippen molar-refractivity contribution in [2.45, 2.75) is 12.3 Å². The van der Waals surface area contributed by atoms with Crippen molar-refractivity contribution in [3.05, 3.63) is 35.8 Å². The summed E-state index contributed by atoms with van der Waals surface area (Å²) in [4.78, 5) is 4.40. The normalized spacial score (nSPS) is 19.9. The van der Waals surface area contributed by atoms with Gasteiger partial charge in [0, 0.05) is 17.9 Å². The average molecular weight is 233 g/mol. The van der Waals surface area contributed by atoms with Gasteiger partial charge >= 0.3 is 0 Å². The second-order valence-corrected chi connectivity index (χ2v) is 4.29. The van der Waals surface area contributed by atoms with Crippen LogP contribution < -0.4 is 0 Å². The van der Waals surface area contributed by atoms with Crippen LogP contribution in [0.15, 0.2) is 24.3 Å². The fourth-order valence-corrected chi connectivity index (χ4v) is 2.20. The lowest BCUT2D eigenvalue weighted by Gasteiger charge is -2.10. The number of pyridine rings is 1. The van der Waals surface area contributed by atoms with Gasteiger partial charge in [0.05, 0.1) is 17.8 Å². The number of fused-ring (bicyclic) bond motifs is 1. The first-order chi connectivity index (χ1) is 8.24. The Kier molecular flexibility index (Phi) is 2.44. The molecule has 0 saturated carbocycles. The molecule has 0 aliphatic carbocycles. The molecule has 1 saturated heterocycles. The fraction of sp³-hybridized carbons (Fsp3) is 0.308. The van der Waals surface area contributed by atoms with Gasteiger partial charge < -0.3 is 9.84 Å². The SMILES string of the molecule is Oc1cc2cc(F)ccc2nc1C1CCOC1. The third-order valence-electron chi connectivity index (χ3n) is 3.10. The zero-order valence-electron chi connectivity index (χ0n) is 9.19. The molecule has 4 heteroatoms. The van der Waals surface area contributed by atoms with Crippen LogP contribution in [0.3, 0.4) is 0 Å². The molecule has 1 N–H and O–H groups in total. The second-order valence-electron chi connectivity index (χ2n) is 4.29. The molecule has 3 rings (SSSR count). The first kappa shape index (κ1) is 10.5. The van der Waals surface area contributed by atoms with E-state index in [1.165, 1.54) is 12.1 Å². The molecule has 17 heavy (non-hydrogen) atoms. The zero-order valence-corrected chi connectivity index (χ0v) is 9.19. The third kappa shape index (κ3) is 1.85. The molecule has 0 bridgehead atoms. The van der Waals surface area contributed by atoms with Gasteiger partial charge in [-0.15, -0.1) is 0 Å². The van der Waals surface area contributed by atoms with Gasteiger partial charge in [0.1, 0.15) is 11.6 Å². The number of benzene rings is 1. The van der Waals surface area contributed by atoms with E-state index in [-0.39, 0.29) is 17.5 Å². The van der Waals surface area contributed by atoms with Gasteiger partial charge in [-0.25, -0.2) is 9.37 Å². The molecule has 3 nitrogen and oxygen atoms in total. The number of ether oxygens (including phenoxy) is 1. The molecule has 1 fully saturated rings. The Labute approximate surface area is 97.9 Å². The van der Waals surface area contributed by atoms with Crippen LogP contribution in [-0.2, 0) is 4.74 Å². The predicted octanol–water partition coefficient (Wildman–Crippen LogP) is 2.58. The highest BCUT2D eigenvalue weighted by Crippen LogP contribution is 2.32. The van der Waals surface area contributed by atoms with Crippen LogP contribution in [0.1, 0.15) is 18.0 Å². The number of halogens is 1. The molecular formula is C13H12FNO2. The Bertz CT molecular complexity index is 565. The highest BCUT2D eigenvalue weighted by molar-refractivity contribution is 5.80. The lowest BCUT2D eigenvalue weighted by atomic mass is 10.0. The topological polar surface area (TPSA) is 42.4 Å². The molecule has 2 heterocycles. The third-order valence-corrected chi connectivity index (χ3v) is 3.10. The average Bonchev–Trinajstić information content (AvgIpc) is 2.81. The largest absolute Gasteiger partial charge is 0.506 e. The maximum absolute atomic E-state index is 13.0. The van der Waals surface area contributed by atoms with Crippen LogP contribution in [0.25, 0.3) is 10.9 Å². The van der Waals surface area contributed by atoms with E-state index in [1.807, 2.05) is 0 Å². The Balaban J connectivity index is 2.13. The summed E-state index contributed by atoms with van der Waals surface area (Å²) in [7, 11) is 0. The molecule has 1 aromatic carbocycles. The van der Waals surface area contributed by atoms with E-state index < -0.39 is 0 Å². The van der Waals surface area contributed by atoms with E-state index in [1.54, 1.807) is 12.1 Å². The molecule has 0 amide bonds. The van der Waals surface area contributed by atoms with Crippen molar-refractivity contribution >= 4 is 10.9 Å². The van der Waals surface area contributed by atoms with E-state index in [4.69, 9.17) is 4.74 Å². The quantitative estimate of drug-likeness (QED) is 0.823. The molecule has 1 aliphatic rings. The maximum Gasteiger partial charge on any atom is 0.138 e. The number of aromatic hydroxyl groups is 1. The predicted molar refractivity (Wildman–Crippen MR) is 61.5 cm³/mol. The van der Waals surface area contributed by atoms with Crippen LogP contribution in [0.4, 0.5) is 4.39 Å². The minimum atomic E-state index is -0.323. The van der Waals surface area contributed by atoms with E-state index in [0.717, 1.165) is 6.42 Å². The lowest BCUT2D eigenvalue weighted by molar-refractivity contribution is 0.193. The molecule has 88 valence electrons. The first-order valence-corrected chi connectivity index (χ1v) is 5.61. The van der Waals surface area contributed by atoms with Crippen molar-refractivity contribution in [3.63, 3.8) is 0 Å². The van der Waals surface area contributed by atoms with Crippen LogP contribution in [-0.4, -0.2) is 23.3 Å². The van der Waals surface area contributed by atoms with Crippen LogP contribution in [0, 0.1) is 5.82 Å². The number of nitrogens with zero attached hydrogens (tertiary/aromatic N) is 1. The Morgan fingerprint density at radius 1 is 1.35 bits per heavy atom. The highest BCUT2D eigenvalue weighted by Gasteiger charge is 2.22. The number of aromatic nitrogens is 1. The van der Waals surface area contributed by atoms with Gasteiger partial charge in [0.2, 0.25) is 0 Å². The lowest BCUT2D eigenvalue weighted by Crippen LogP contribution is -2.01. The minimum Gasteiger partial charge on any atom is -0.506 e. The highest BCUT2D eigenvalue weighted by atomic mass is 19.1. The van der Waals surface area contributed by atoms with Crippen molar-refractivity contribution in [1.82, 2.24) is 4.98 Å². The Hall–Kier alpha value is -1.68. The van der Waals surface area contributed by atoms with Crippen molar-refractivity contribution in [1.29, 1.82) is 0 Å². The number of hydrogen-bond donors (Lipinski definition) is 1. The van der Waals surface area contributed by atoms with Crippen LogP contribution >= 0.6 is 0 Å². The number of hydrogen-bond acceptors (Lipinski definition) is 3. The van der Waals surface area contributed by atoms with E-state index in [2.05, 4.69) is 4.98 Å². The Morgan fingerprint density at radius 3 is 3.00 bits per heavy atom. The molecule has 0 spiro atoms. The smallest absolute Gasteiger partial charge is 0.138 e. The monoisotopic (exact) mass is 233 g/mol. The molecular weight excluding hydrogens is 221 g/mol. The van der Waals surface area contributed by atoms with Gasteiger partial charge in [0.15, 0.2) is 0 Å². The van der Waals surface area contributed by atoms with Gasteiger partial charge in [-0.2, -0.15) is 0 Å². The maximum atomic E-state index is 13.0. The summed E-state index contributed by atoms with van der Waals surface area (Å²) in [5, 5.41) is 10.5. The fourth-order valence-electron chi connectivity index (χ4n) is 2.20. The summed E-state index contributed by atoms with van der Waals surface area (Å²) in [6.07, 6.45) is 0.868. The minimum absolute atomic E-state index is 0.124. The molecule has 1 unspecified atom stereocenters. The number of rotatable bonds is 1. The molecule has 1 aliphatic heterocycles. The van der Waals surface area contributed by atoms with Crippen molar-refractivity contribution in [3.8, 4) is 5.75 Å². The summed E-state index contributed by atoms with van der Waals surface area (Å²) in [6, 6.07) is 5.95. The molecule has 1 atom stereocenters. The van der Waals surface area contributed by atoms with Gasteiger partial charge in [-0.1, -0.05) is 0 Å². The second kappa shape index (κ2) is 3.96. The van der Waals surface area contributed by atoms with Crippen molar-refractivity contribution < 1.29 is 14.2 Å². The van der Waals surface area contributed by atoms with Crippen molar-refractivity contribution in [2.75, 3.05) is 13.2 Å². The Morgan fingerprint density at radius 2 is 2.24 bits per heavy atom. The molecule has 1 aromatic heterocycles. The summed E-state index contributed by atoms with van der Waals surface area (Å²) in [5.41, 5.74) is 1.35. The summed E-state index contributed by atoms with van der Waals surface area (Å²) >= 11 is 0.